The molecule has 0 radical (unpaired) electrons. The second-order valence-corrected chi connectivity index (χ2v) is 9.75. The van der Waals surface area contributed by atoms with Crippen molar-refractivity contribution in [3.8, 4) is 0 Å². The van der Waals surface area contributed by atoms with Crippen LogP contribution in [0, 0.1) is 0 Å². The number of rotatable bonds is 4. The molecule has 0 fully saturated rings. The molecule has 74 valence electrons. The Morgan fingerprint density at radius 3 is 2.00 bits per heavy atom. The molecule has 0 rings (SSSR count). The molecule has 0 spiro atoms. The van der Waals surface area contributed by atoms with Gasteiger partial charge in [0, 0.05) is 0 Å². The number of nitrogens with zero attached hydrogens (tertiary/aromatic N) is 1. The van der Waals surface area contributed by atoms with Crippen LogP contribution in [0.3, 0.4) is 0 Å². The predicted octanol–water partition coefficient (Wildman–Crippen LogP) is 2.44. The standard InChI is InChI=1S/C8H15NO.2CH3.Ga/c1-6(2)9-7(3)5-8(4)10;;;/h5-6H,1-4H3,(H,9,10);2*1H3;/q;;;+1/p-1. The van der Waals surface area contributed by atoms with Crippen LogP contribution in [0.4, 0.5) is 0 Å². The maximum absolute atomic E-state index is 10.9. The molecule has 0 aromatic carbocycles. The van der Waals surface area contributed by atoms with Gasteiger partial charge in [0.15, 0.2) is 0 Å². The van der Waals surface area contributed by atoms with Crippen LogP contribution in [-0.2, 0) is 4.79 Å². The van der Waals surface area contributed by atoms with Crippen LogP contribution in [0.25, 0.3) is 0 Å². The normalized spacial score (nSPS) is 11.8. The number of carbonyl (C=O) groups excluding carboxylic acids is 1. The van der Waals surface area contributed by atoms with E-state index in [9.17, 15) is 4.79 Å². The first-order valence-electron chi connectivity index (χ1n) is 4.83. The van der Waals surface area contributed by atoms with Gasteiger partial charge in [-0.2, -0.15) is 0 Å². The second kappa shape index (κ2) is 5.55. The first kappa shape index (κ1) is 12.8. The quantitative estimate of drug-likeness (QED) is 0.555. The van der Waals surface area contributed by atoms with Gasteiger partial charge in [0.25, 0.3) is 0 Å². The van der Waals surface area contributed by atoms with Crippen molar-refractivity contribution in [3.63, 3.8) is 0 Å². The Bertz CT molecular complexity index is 201. The van der Waals surface area contributed by atoms with Gasteiger partial charge in [0.1, 0.15) is 0 Å². The third-order valence-corrected chi connectivity index (χ3v) is 6.37. The molecular weight excluding hydrogens is 220 g/mol. The van der Waals surface area contributed by atoms with E-state index in [2.05, 4.69) is 28.4 Å². The summed E-state index contributed by atoms with van der Waals surface area (Å²) in [5.74, 6) is 0.145. The topological polar surface area (TPSA) is 20.3 Å². The van der Waals surface area contributed by atoms with E-state index in [-0.39, 0.29) is 5.78 Å². The summed E-state index contributed by atoms with van der Waals surface area (Å²) in [7, 11) is 0. The Hall–Kier alpha value is -0.154. The molecule has 0 aliphatic rings. The van der Waals surface area contributed by atoms with Crippen molar-refractivity contribution in [1.29, 1.82) is 0 Å². The van der Waals surface area contributed by atoms with Gasteiger partial charge in [-0.05, 0) is 0 Å². The molecule has 3 heteroatoms. The van der Waals surface area contributed by atoms with Crippen LogP contribution in [0.5, 0.6) is 0 Å². The Labute approximate surface area is 87.3 Å². The molecule has 0 aliphatic carbocycles. The van der Waals surface area contributed by atoms with E-state index in [0.29, 0.717) is 6.04 Å². The monoisotopic (exact) mass is 239 g/mol. The van der Waals surface area contributed by atoms with E-state index < -0.39 is 16.5 Å². The fourth-order valence-corrected chi connectivity index (χ4v) is 6.15. The van der Waals surface area contributed by atoms with Crippen LogP contribution in [-0.4, -0.2) is 31.9 Å². The van der Waals surface area contributed by atoms with Crippen molar-refractivity contribution < 1.29 is 4.79 Å². The first-order chi connectivity index (χ1) is 5.86. The van der Waals surface area contributed by atoms with E-state index in [0.717, 1.165) is 5.70 Å². The zero-order valence-corrected chi connectivity index (χ0v) is 12.0. The molecule has 0 unspecified atom stereocenters. The minimum atomic E-state index is -1.30. The zero-order valence-electron chi connectivity index (χ0n) is 9.59. The fourth-order valence-electron chi connectivity index (χ4n) is 1.78. The number of hydrogen-bond donors (Lipinski definition) is 0. The fraction of sp³-hybridized carbons (Fsp3) is 0.700. The molecule has 0 N–H and O–H groups in total. The van der Waals surface area contributed by atoms with E-state index >= 15 is 0 Å². The second-order valence-electron chi connectivity index (χ2n) is 3.99. The van der Waals surface area contributed by atoms with Crippen molar-refractivity contribution in [2.24, 2.45) is 0 Å². The van der Waals surface area contributed by atoms with Gasteiger partial charge in [-0.1, -0.05) is 0 Å². The summed E-state index contributed by atoms with van der Waals surface area (Å²) in [5, 5.41) is 0. The molecule has 0 bridgehead atoms. The first-order valence-corrected chi connectivity index (χ1v) is 10.8. The molecule has 13 heavy (non-hydrogen) atoms. The summed E-state index contributed by atoms with van der Waals surface area (Å²) >= 11 is -1.30. The van der Waals surface area contributed by atoms with E-state index in [1.165, 1.54) is 0 Å². The molecular formula is C10H20GaNO. The average Bonchev–Trinajstić information content (AvgIpc) is 1.81. The van der Waals surface area contributed by atoms with Crippen molar-refractivity contribution in [3.05, 3.63) is 11.8 Å². The van der Waals surface area contributed by atoms with Crippen molar-refractivity contribution in [1.82, 2.24) is 3.61 Å². The molecule has 0 saturated carbocycles. The van der Waals surface area contributed by atoms with Gasteiger partial charge in [-0.25, -0.2) is 0 Å². The summed E-state index contributed by atoms with van der Waals surface area (Å²) in [6.45, 7) is 8.01. The number of ketones is 1. The van der Waals surface area contributed by atoms with Crippen LogP contribution < -0.4 is 0 Å². The summed E-state index contributed by atoms with van der Waals surface area (Å²) in [6.07, 6.45) is 1.74. The molecule has 0 atom stereocenters. The van der Waals surface area contributed by atoms with Gasteiger partial charge < -0.3 is 0 Å². The minimum absolute atomic E-state index is 0.145. The summed E-state index contributed by atoms with van der Waals surface area (Å²) in [6, 6.07) is 0.524. The molecule has 0 heterocycles. The van der Waals surface area contributed by atoms with Gasteiger partial charge in [0.2, 0.25) is 0 Å². The van der Waals surface area contributed by atoms with Crippen LogP contribution in [0.1, 0.15) is 27.7 Å². The number of carbonyl (C=O) groups is 1. The average molecular weight is 240 g/mol. The Kier molecular flexibility index (Phi) is 5.48. The molecule has 0 amide bonds. The van der Waals surface area contributed by atoms with Gasteiger partial charge >= 0.3 is 87.1 Å². The van der Waals surface area contributed by atoms with Crippen molar-refractivity contribution >= 4 is 22.2 Å². The van der Waals surface area contributed by atoms with E-state index in [1.54, 1.807) is 13.0 Å². The predicted molar refractivity (Wildman–Crippen MR) is 58.9 cm³/mol. The van der Waals surface area contributed by atoms with Crippen molar-refractivity contribution in [2.45, 2.75) is 44.7 Å². The van der Waals surface area contributed by atoms with Crippen molar-refractivity contribution in [2.75, 3.05) is 0 Å². The number of hydrogen-bond acceptors (Lipinski definition) is 2. The van der Waals surface area contributed by atoms with E-state index in [1.807, 2.05) is 6.92 Å². The SMILES string of the molecule is CC(=O)/C=C(/C)[N](C(C)C)[Ga]([CH3])[CH3]. The van der Waals surface area contributed by atoms with Gasteiger partial charge in [0.05, 0.1) is 0 Å². The van der Waals surface area contributed by atoms with Gasteiger partial charge in [-0.15, -0.1) is 0 Å². The third-order valence-electron chi connectivity index (χ3n) is 1.93. The molecule has 0 aliphatic heterocycles. The molecule has 0 aromatic heterocycles. The molecule has 0 saturated heterocycles. The Morgan fingerprint density at radius 2 is 1.77 bits per heavy atom. The Morgan fingerprint density at radius 1 is 1.31 bits per heavy atom. The van der Waals surface area contributed by atoms with E-state index in [4.69, 9.17) is 0 Å². The van der Waals surface area contributed by atoms with Crippen LogP contribution in [0.2, 0.25) is 11.0 Å². The molecule has 2 nitrogen and oxygen atoms in total. The maximum atomic E-state index is 10.9. The van der Waals surface area contributed by atoms with Gasteiger partial charge in [-0.3, -0.25) is 0 Å². The zero-order chi connectivity index (χ0) is 10.6. The summed E-state index contributed by atoms with van der Waals surface area (Å²) in [4.78, 5) is 10.9. The third kappa shape index (κ3) is 4.57. The van der Waals surface area contributed by atoms with Crippen LogP contribution in [0.15, 0.2) is 11.8 Å². The Balaban J connectivity index is 4.65. The summed E-state index contributed by atoms with van der Waals surface area (Å²) < 4.78 is 2.42. The number of allylic oxidation sites excluding steroid dienone is 2. The van der Waals surface area contributed by atoms with Crippen LogP contribution >= 0.6 is 0 Å². The molecule has 0 aromatic rings. The summed E-state index contributed by atoms with van der Waals surface area (Å²) in [5.41, 5.74) is 5.78.